The molecule has 1 radical (unpaired) electrons. The van der Waals surface area contributed by atoms with Crippen molar-refractivity contribution in [2.24, 2.45) is 0 Å². The SMILES string of the molecule is [CH2]CCC[C@H](NC(=O)OC(C)(C)C)C(=O)NC(Cc1ccncc1)c1cccs1. The molecule has 0 saturated carbocycles. The van der Waals surface area contributed by atoms with Gasteiger partial charge in [-0.1, -0.05) is 25.8 Å². The van der Waals surface area contributed by atoms with E-state index in [-0.39, 0.29) is 11.9 Å². The van der Waals surface area contributed by atoms with Gasteiger partial charge in [-0.3, -0.25) is 9.78 Å². The number of carbonyl (C=O) groups is 2. The summed E-state index contributed by atoms with van der Waals surface area (Å²) in [5, 5.41) is 7.81. The minimum atomic E-state index is -0.675. The topological polar surface area (TPSA) is 80.3 Å². The van der Waals surface area contributed by atoms with E-state index in [4.69, 9.17) is 4.74 Å². The van der Waals surface area contributed by atoms with Crippen molar-refractivity contribution in [2.45, 2.75) is 64.1 Å². The fraction of sp³-hybridized carbons (Fsp3) is 0.455. The van der Waals surface area contributed by atoms with Crippen molar-refractivity contribution in [3.05, 3.63) is 59.4 Å². The number of hydrogen-bond acceptors (Lipinski definition) is 5. The van der Waals surface area contributed by atoms with Gasteiger partial charge < -0.3 is 15.4 Å². The minimum Gasteiger partial charge on any atom is -0.444 e. The third-order valence-corrected chi connectivity index (χ3v) is 5.13. The maximum absolute atomic E-state index is 13.0. The van der Waals surface area contributed by atoms with Crippen LogP contribution in [0.25, 0.3) is 0 Å². The second-order valence-electron chi connectivity index (χ2n) is 7.83. The second kappa shape index (κ2) is 11.0. The largest absolute Gasteiger partial charge is 0.444 e. The highest BCUT2D eigenvalue weighted by molar-refractivity contribution is 7.10. The quantitative estimate of drug-likeness (QED) is 0.633. The predicted octanol–water partition coefficient (Wildman–Crippen LogP) is 4.44. The lowest BCUT2D eigenvalue weighted by Gasteiger charge is -2.25. The van der Waals surface area contributed by atoms with Gasteiger partial charge in [-0.05, 0) is 62.8 Å². The van der Waals surface area contributed by atoms with Crippen molar-refractivity contribution < 1.29 is 14.3 Å². The van der Waals surface area contributed by atoms with E-state index in [0.29, 0.717) is 19.3 Å². The Kier molecular flexibility index (Phi) is 8.64. The summed E-state index contributed by atoms with van der Waals surface area (Å²) in [5.41, 5.74) is 0.450. The number of ether oxygens (including phenoxy) is 1. The molecular weight excluding hydrogens is 386 g/mol. The van der Waals surface area contributed by atoms with Gasteiger partial charge in [0.25, 0.3) is 0 Å². The normalized spacial score (nSPS) is 13.4. The number of thiophene rings is 1. The van der Waals surface area contributed by atoms with Crippen LogP contribution in [0.2, 0.25) is 0 Å². The fourth-order valence-corrected chi connectivity index (χ4v) is 3.58. The molecule has 0 aliphatic heterocycles. The van der Waals surface area contributed by atoms with Crippen LogP contribution in [0, 0.1) is 6.92 Å². The highest BCUT2D eigenvalue weighted by atomic mass is 32.1. The summed E-state index contributed by atoms with van der Waals surface area (Å²) < 4.78 is 5.32. The lowest BCUT2D eigenvalue weighted by Crippen LogP contribution is -2.49. The zero-order valence-electron chi connectivity index (χ0n) is 17.3. The van der Waals surface area contributed by atoms with Crippen LogP contribution >= 0.6 is 11.3 Å². The first kappa shape index (κ1) is 22.9. The number of alkyl carbamates (subject to hydrolysis) is 1. The summed E-state index contributed by atoms with van der Waals surface area (Å²) in [6, 6.07) is 6.98. The summed E-state index contributed by atoms with van der Waals surface area (Å²) in [6.45, 7) is 9.21. The molecule has 157 valence electrons. The average molecular weight is 417 g/mol. The number of aromatic nitrogens is 1. The minimum absolute atomic E-state index is 0.187. The number of nitrogens with zero attached hydrogens (tertiary/aromatic N) is 1. The first-order valence-electron chi connectivity index (χ1n) is 9.80. The molecule has 1 unspecified atom stereocenters. The lowest BCUT2D eigenvalue weighted by molar-refractivity contribution is -0.124. The molecule has 2 rings (SSSR count). The van der Waals surface area contributed by atoms with E-state index in [0.717, 1.165) is 16.9 Å². The Morgan fingerprint density at radius 1 is 1.21 bits per heavy atom. The first-order chi connectivity index (χ1) is 13.8. The number of carbonyl (C=O) groups excluding carboxylic acids is 2. The van der Waals surface area contributed by atoms with Gasteiger partial charge in [0, 0.05) is 17.3 Å². The molecule has 7 heteroatoms. The van der Waals surface area contributed by atoms with Crippen LogP contribution in [0.4, 0.5) is 4.79 Å². The van der Waals surface area contributed by atoms with Crippen LogP contribution in [0.1, 0.15) is 56.5 Å². The molecule has 0 aromatic carbocycles. The monoisotopic (exact) mass is 416 g/mol. The van der Waals surface area contributed by atoms with E-state index in [1.54, 1.807) is 44.5 Å². The maximum Gasteiger partial charge on any atom is 0.408 e. The molecule has 0 spiro atoms. The number of rotatable bonds is 9. The van der Waals surface area contributed by atoms with E-state index in [2.05, 4.69) is 22.5 Å². The van der Waals surface area contributed by atoms with Crippen LogP contribution < -0.4 is 10.6 Å². The lowest BCUT2D eigenvalue weighted by atomic mass is 10.0. The number of amides is 2. The van der Waals surface area contributed by atoms with Crippen molar-refractivity contribution in [1.82, 2.24) is 15.6 Å². The van der Waals surface area contributed by atoms with Gasteiger partial charge in [0.2, 0.25) is 5.91 Å². The third-order valence-electron chi connectivity index (χ3n) is 4.14. The van der Waals surface area contributed by atoms with Crippen molar-refractivity contribution in [2.75, 3.05) is 0 Å². The number of unbranched alkanes of at least 4 members (excludes halogenated alkanes) is 1. The van der Waals surface area contributed by atoms with E-state index >= 15 is 0 Å². The van der Waals surface area contributed by atoms with Gasteiger partial charge in [-0.15, -0.1) is 11.3 Å². The summed E-state index contributed by atoms with van der Waals surface area (Å²) in [6.07, 6.45) is 5.44. The van der Waals surface area contributed by atoms with Crippen LogP contribution in [0.5, 0.6) is 0 Å². The molecule has 2 atom stereocenters. The zero-order chi connectivity index (χ0) is 21.3. The van der Waals surface area contributed by atoms with Crippen molar-refractivity contribution in [1.29, 1.82) is 0 Å². The molecule has 2 aromatic heterocycles. The number of hydrogen-bond donors (Lipinski definition) is 2. The molecule has 2 amide bonds. The van der Waals surface area contributed by atoms with Crippen molar-refractivity contribution in [3.8, 4) is 0 Å². The van der Waals surface area contributed by atoms with Gasteiger partial charge in [0.15, 0.2) is 0 Å². The highest BCUT2D eigenvalue weighted by Crippen LogP contribution is 2.23. The summed E-state index contributed by atoms with van der Waals surface area (Å²) in [7, 11) is 0. The second-order valence-corrected chi connectivity index (χ2v) is 8.81. The molecule has 0 bridgehead atoms. The Hall–Kier alpha value is -2.41. The van der Waals surface area contributed by atoms with Gasteiger partial charge >= 0.3 is 6.09 Å². The molecular formula is C22H30N3O3S. The first-order valence-corrected chi connectivity index (χ1v) is 10.7. The van der Waals surface area contributed by atoms with Crippen LogP contribution in [-0.2, 0) is 16.0 Å². The standard InChI is InChI=1S/C22H30N3O3S/c1-5-6-8-17(25-21(27)28-22(2,3)4)20(26)24-18(19-9-7-14-29-19)15-16-10-12-23-13-11-16/h7,9-14,17-18H,1,5-6,8,15H2,2-4H3,(H,24,26)(H,25,27)/t17-,18?/m0/s1. The molecule has 0 fully saturated rings. The summed E-state index contributed by atoms with van der Waals surface area (Å²) in [4.78, 5) is 30.4. The maximum atomic E-state index is 13.0. The highest BCUT2D eigenvalue weighted by Gasteiger charge is 2.26. The van der Waals surface area contributed by atoms with Gasteiger partial charge in [0.1, 0.15) is 11.6 Å². The van der Waals surface area contributed by atoms with Crippen LogP contribution in [-0.4, -0.2) is 28.6 Å². The number of nitrogens with one attached hydrogen (secondary N) is 2. The Morgan fingerprint density at radius 2 is 1.93 bits per heavy atom. The molecule has 0 saturated heterocycles. The molecule has 2 N–H and O–H groups in total. The molecule has 0 aliphatic carbocycles. The number of pyridine rings is 1. The van der Waals surface area contributed by atoms with E-state index < -0.39 is 17.7 Å². The summed E-state index contributed by atoms with van der Waals surface area (Å²) >= 11 is 1.59. The Balaban J connectivity index is 2.11. The molecule has 2 aromatic rings. The van der Waals surface area contributed by atoms with Crippen LogP contribution in [0.3, 0.4) is 0 Å². The van der Waals surface area contributed by atoms with Crippen molar-refractivity contribution in [3.63, 3.8) is 0 Å². The zero-order valence-corrected chi connectivity index (χ0v) is 18.1. The Bertz CT molecular complexity index is 757. The van der Waals surface area contributed by atoms with Gasteiger partial charge in [-0.2, -0.15) is 0 Å². The van der Waals surface area contributed by atoms with Crippen molar-refractivity contribution >= 4 is 23.3 Å². The van der Waals surface area contributed by atoms with E-state index in [9.17, 15) is 9.59 Å². The molecule has 29 heavy (non-hydrogen) atoms. The fourth-order valence-electron chi connectivity index (χ4n) is 2.81. The van der Waals surface area contributed by atoms with Crippen LogP contribution in [0.15, 0.2) is 42.0 Å². The molecule has 6 nitrogen and oxygen atoms in total. The van der Waals surface area contributed by atoms with Gasteiger partial charge in [0.05, 0.1) is 6.04 Å². The van der Waals surface area contributed by atoms with E-state index in [1.807, 2.05) is 29.6 Å². The third kappa shape index (κ3) is 8.23. The Labute approximate surface area is 177 Å². The smallest absolute Gasteiger partial charge is 0.408 e. The molecule has 0 aliphatic rings. The summed E-state index contributed by atoms with van der Waals surface area (Å²) in [5.74, 6) is -0.225. The average Bonchev–Trinajstić information content (AvgIpc) is 3.18. The van der Waals surface area contributed by atoms with E-state index in [1.165, 1.54) is 0 Å². The predicted molar refractivity (Wildman–Crippen MR) is 116 cm³/mol. The van der Waals surface area contributed by atoms with Gasteiger partial charge in [-0.25, -0.2) is 4.79 Å². The Morgan fingerprint density at radius 3 is 2.52 bits per heavy atom. The molecule has 2 heterocycles.